The smallest absolute Gasteiger partial charge is 0.143 e. The first kappa shape index (κ1) is 10.7. The number of rotatable bonds is 2. The Labute approximate surface area is 116 Å². The molecule has 0 saturated carbocycles. The summed E-state index contributed by atoms with van der Waals surface area (Å²) in [6.07, 6.45) is 3.39. The molecule has 0 aliphatic carbocycles. The second kappa shape index (κ2) is 3.89. The van der Waals surface area contributed by atoms with Crippen molar-refractivity contribution >= 4 is 44.7 Å². The minimum atomic E-state index is 0.781. The lowest BCUT2D eigenvalue weighted by molar-refractivity contribution is 1.19. The molecule has 2 N–H and O–H groups in total. The Bertz CT molecular complexity index is 912. The van der Waals surface area contributed by atoms with E-state index in [4.69, 9.17) is 0 Å². The molecule has 0 fully saturated rings. The van der Waals surface area contributed by atoms with Crippen LogP contribution in [0.3, 0.4) is 0 Å². The second-order valence-electron chi connectivity index (χ2n) is 4.26. The molecular weight excluding hydrogens is 306 g/mol. The number of H-pyrrole nitrogens is 1. The van der Waals surface area contributed by atoms with Gasteiger partial charge in [-0.15, -0.1) is 0 Å². The molecule has 3 heterocycles. The van der Waals surface area contributed by atoms with E-state index in [0.717, 1.165) is 37.7 Å². The molecule has 0 amide bonds. The SMILES string of the molecule is Brc1cc2c(Nc3ccc4c(c3)=CN=4)ncnc2[nH]1. The van der Waals surface area contributed by atoms with Crippen LogP contribution in [0.2, 0.25) is 0 Å². The van der Waals surface area contributed by atoms with Crippen LogP contribution in [0.4, 0.5) is 11.5 Å². The Morgan fingerprint density at radius 2 is 2.11 bits per heavy atom. The number of anilines is 2. The maximum Gasteiger partial charge on any atom is 0.143 e. The number of halogens is 1. The van der Waals surface area contributed by atoms with Crippen LogP contribution in [0.15, 0.2) is 40.2 Å². The highest BCUT2D eigenvalue weighted by Crippen LogP contribution is 2.25. The summed E-state index contributed by atoms with van der Waals surface area (Å²) >= 11 is 3.41. The van der Waals surface area contributed by atoms with Crippen molar-refractivity contribution in [3.05, 3.63) is 45.8 Å². The quantitative estimate of drug-likeness (QED) is 0.758. The van der Waals surface area contributed by atoms with E-state index in [9.17, 15) is 0 Å². The van der Waals surface area contributed by atoms with Crippen molar-refractivity contribution in [1.82, 2.24) is 15.0 Å². The number of nitrogens with one attached hydrogen (secondary N) is 2. The van der Waals surface area contributed by atoms with Crippen LogP contribution < -0.4 is 15.9 Å². The van der Waals surface area contributed by atoms with Crippen LogP contribution in [0.25, 0.3) is 17.2 Å². The third-order valence-electron chi connectivity index (χ3n) is 3.03. The first-order valence-corrected chi connectivity index (χ1v) is 6.53. The number of hydrogen-bond acceptors (Lipinski definition) is 4. The average molecular weight is 314 g/mol. The maximum absolute atomic E-state index is 4.29. The molecule has 6 heteroatoms. The molecule has 3 aromatic rings. The monoisotopic (exact) mass is 313 g/mol. The predicted molar refractivity (Wildman–Crippen MR) is 76.6 cm³/mol. The van der Waals surface area contributed by atoms with Gasteiger partial charge in [-0.05, 0) is 40.2 Å². The minimum absolute atomic E-state index is 0.781. The van der Waals surface area contributed by atoms with E-state index in [2.05, 4.69) is 47.3 Å². The molecule has 0 unspecified atom stereocenters. The van der Waals surface area contributed by atoms with E-state index < -0.39 is 0 Å². The largest absolute Gasteiger partial charge is 0.340 e. The fourth-order valence-electron chi connectivity index (χ4n) is 2.07. The molecule has 2 aromatic heterocycles. The Morgan fingerprint density at radius 1 is 1.16 bits per heavy atom. The summed E-state index contributed by atoms with van der Waals surface area (Å²) in [5, 5.41) is 6.43. The number of benzene rings is 1. The van der Waals surface area contributed by atoms with Crippen molar-refractivity contribution in [3.8, 4) is 0 Å². The molecule has 1 aliphatic rings. The lowest BCUT2D eigenvalue weighted by atomic mass is 10.2. The maximum atomic E-state index is 4.29. The van der Waals surface area contributed by atoms with Crippen LogP contribution in [0.1, 0.15) is 0 Å². The minimum Gasteiger partial charge on any atom is -0.340 e. The summed E-state index contributed by atoms with van der Waals surface area (Å²) in [6, 6.07) is 7.99. The highest BCUT2D eigenvalue weighted by atomic mass is 79.9. The molecular formula is C13H8BrN5. The highest BCUT2D eigenvalue weighted by Gasteiger charge is 2.07. The Hall–Kier alpha value is -2.21. The van der Waals surface area contributed by atoms with Crippen molar-refractivity contribution in [2.45, 2.75) is 0 Å². The van der Waals surface area contributed by atoms with Gasteiger partial charge in [-0.3, -0.25) is 4.99 Å². The predicted octanol–water partition coefficient (Wildman–Crippen LogP) is 1.84. The molecule has 0 radical (unpaired) electrons. The van der Waals surface area contributed by atoms with E-state index in [1.54, 1.807) is 0 Å². The van der Waals surface area contributed by atoms with Gasteiger partial charge in [0.2, 0.25) is 0 Å². The molecule has 4 rings (SSSR count). The number of fused-ring (bicyclic) bond motifs is 2. The molecule has 1 aliphatic heterocycles. The number of hydrogen-bond donors (Lipinski definition) is 2. The van der Waals surface area contributed by atoms with Crippen LogP contribution in [-0.4, -0.2) is 15.0 Å². The summed E-state index contributed by atoms with van der Waals surface area (Å²) in [6.45, 7) is 0. The second-order valence-corrected chi connectivity index (χ2v) is 5.11. The van der Waals surface area contributed by atoms with Crippen molar-refractivity contribution < 1.29 is 0 Å². The van der Waals surface area contributed by atoms with E-state index in [1.807, 2.05) is 24.4 Å². The zero-order chi connectivity index (χ0) is 12.8. The summed E-state index contributed by atoms with van der Waals surface area (Å²) in [5.74, 6) is 0.781. The topological polar surface area (TPSA) is 66.0 Å². The third kappa shape index (κ3) is 1.72. The van der Waals surface area contributed by atoms with Crippen molar-refractivity contribution in [2.75, 3.05) is 5.32 Å². The molecule has 0 spiro atoms. The third-order valence-corrected chi connectivity index (χ3v) is 3.45. The van der Waals surface area contributed by atoms with Crippen molar-refractivity contribution in [1.29, 1.82) is 0 Å². The number of nitrogens with zero attached hydrogens (tertiary/aromatic N) is 3. The fraction of sp³-hybridized carbons (Fsp3) is 0. The number of aromatic nitrogens is 3. The van der Waals surface area contributed by atoms with Gasteiger partial charge in [-0.25, -0.2) is 9.97 Å². The van der Waals surface area contributed by atoms with Gasteiger partial charge in [0.05, 0.1) is 15.3 Å². The Balaban J connectivity index is 1.80. The van der Waals surface area contributed by atoms with E-state index in [0.29, 0.717) is 0 Å². The molecule has 0 saturated heterocycles. The van der Waals surface area contributed by atoms with Crippen LogP contribution in [0.5, 0.6) is 0 Å². The first-order valence-electron chi connectivity index (χ1n) is 5.74. The molecule has 0 bridgehead atoms. The van der Waals surface area contributed by atoms with Gasteiger partial charge in [0.1, 0.15) is 17.8 Å². The van der Waals surface area contributed by atoms with Crippen LogP contribution in [0, 0.1) is 0 Å². The van der Waals surface area contributed by atoms with E-state index in [-0.39, 0.29) is 0 Å². The van der Waals surface area contributed by atoms with E-state index >= 15 is 0 Å². The summed E-state index contributed by atoms with van der Waals surface area (Å²) in [5.41, 5.74) is 1.79. The van der Waals surface area contributed by atoms with Crippen molar-refractivity contribution in [2.24, 2.45) is 4.99 Å². The zero-order valence-electron chi connectivity index (χ0n) is 9.68. The summed E-state index contributed by atoms with van der Waals surface area (Å²) < 4.78 is 0.885. The standard InChI is InChI=1S/C13H8BrN5/c14-11-4-9-12(16-6-17-13(9)19-11)18-8-1-2-10-7(3-8)5-15-10/h1-6H,(H2,16,17,18,19). The zero-order valence-corrected chi connectivity index (χ0v) is 11.3. The van der Waals surface area contributed by atoms with Crippen molar-refractivity contribution in [3.63, 3.8) is 0 Å². The van der Waals surface area contributed by atoms with Gasteiger partial charge < -0.3 is 10.3 Å². The van der Waals surface area contributed by atoms with E-state index in [1.165, 1.54) is 6.33 Å². The normalized spacial score (nSPS) is 12.3. The van der Waals surface area contributed by atoms with Crippen LogP contribution >= 0.6 is 15.9 Å². The lowest BCUT2D eigenvalue weighted by Crippen LogP contribution is -2.30. The Morgan fingerprint density at radius 3 is 2.89 bits per heavy atom. The van der Waals surface area contributed by atoms with Gasteiger partial charge in [0, 0.05) is 17.1 Å². The number of aromatic amines is 1. The van der Waals surface area contributed by atoms with Gasteiger partial charge in [-0.1, -0.05) is 0 Å². The van der Waals surface area contributed by atoms with Crippen LogP contribution in [-0.2, 0) is 0 Å². The fourth-order valence-corrected chi connectivity index (χ4v) is 2.49. The van der Waals surface area contributed by atoms with Gasteiger partial charge >= 0.3 is 0 Å². The van der Waals surface area contributed by atoms with Gasteiger partial charge in [0.15, 0.2) is 0 Å². The molecule has 1 aromatic carbocycles. The molecule has 5 nitrogen and oxygen atoms in total. The summed E-state index contributed by atoms with van der Waals surface area (Å²) in [7, 11) is 0. The molecule has 92 valence electrons. The average Bonchev–Trinajstić information content (AvgIpc) is 2.74. The first-order chi connectivity index (χ1) is 9.29. The molecule has 19 heavy (non-hydrogen) atoms. The highest BCUT2D eigenvalue weighted by molar-refractivity contribution is 9.10. The lowest BCUT2D eigenvalue weighted by Gasteiger charge is -2.07. The Kier molecular flexibility index (Phi) is 2.19. The summed E-state index contributed by atoms with van der Waals surface area (Å²) in [4.78, 5) is 15.7. The van der Waals surface area contributed by atoms with Gasteiger partial charge in [0.25, 0.3) is 0 Å². The van der Waals surface area contributed by atoms with Gasteiger partial charge in [-0.2, -0.15) is 0 Å². The molecule has 0 atom stereocenters.